The summed E-state index contributed by atoms with van der Waals surface area (Å²) in [6.45, 7) is 14.2. The van der Waals surface area contributed by atoms with E-state index in [4.69, 9.17) is 37.0 Å². The lowest BCUT2D eigenvalue weighted by atomic mass is 9.99. The molecule has 6 atom stereocenters. The summed E-state index contributed by atoms with van der Waals surface area (Å²) in [5.41, 5.74) is 0. The van der Waals surface area contributed by atoms with Crippen molar-refractivity contribution >= 4 is 39.5 Å². The van der Waals surface area contributed by atoms with E-state index in [-0.39, 0.29) is 25.7 Å². The van der Waals surface area contributed by atoms with E-state index in [1.807, 2.05) is 0 Å². The lowest BCUT2D eigenvalue weighted by Gasteiger charge is -2.21. The smallest absolute Gasteiger partial charge is 0.462 e. The second kappa shape index (κ2) is 68.2. The van der Waals surface area contributed by atoms with Crippen LogP contribution in [0.25, 0.3) is 0 Å². The van der Waals surface area contributed by atoms with Gasteiger partial charge in [-0.3, -0.25) is 37.3 Å². The molecule has 0 heterocycles. The SMILES string of the molecule is CCC(C)CCCCCCCCCCCCCCCCCCCCC(=O)O[C@H](COC(=O)CCCCCCCCCCCC(C)C)COP(=O)(O)OCC(O)COP(=O)(O)OC[C@@H](COC(=O)CCCCCCCCCCC(C)C)OC(=O)CCCCCCCCCCCCC(C)C. The monoisotopic (exact) mass is 1440 g/mol. The Kier molecular flexibility index (Phi) is 66.8. The van der Waals surface area contributed by atoms with Crippen LogP contribution in [0.1, 0.15) is 402 Å². The average molecular weight is 1440 g/mol. The molecular formula is C79H154O17P2. The number of ether oxygens (including phenoxy) is 4. The van der Waals surface area contributed by atoms with Gasteiger partial charge in [0.15, 0.2) is 12.2 Å². The van der Waals surface area contributed by atoms with Crippen LogP contribution in [-0.4, -0.2) is 96.7 Å². The van der Waals surface area contributed by atoms with E-state index in [9.17, 15) is 43.2 Å². The van der Waals surface area contributed by atoms with Crippen molar-refractivity contribution in [3.8, 4) is 0 Å². The van der Waals surface area contributed by atoms with Crippen LogP contribution >= 0.6 is 15.6 Å². The molecule has 17 nitrogen and oxygen atoms in total. The molecule has 0 aromatic heterocycles. The summed E-state index contributed by atoms with van der Waals surface area (Å²) < 4.78 is 68.6. The van der Waals surface area contributed by atoms with E-state index >= 15 is 0 Å². The molecule has 0 aliphatic heterocycles. The highest BCUT2D eigenvalue weighted by atomic mass is 31.2. The summed E-state index contributed by atoms with van der Waals surface area (Å²) in [5, 5.41) is 10.6. The van der Waals surface area contributed by atoms with E-state index in [0.29, 0.717) is 25.7 Å². The first-order valence-electron chi connectivity index (χ1n) is 40.7. The van der Waals surface area contributed by atoms with Gasteiger partial charge in [0, 0.05) is 25.7 Å². The van der Waals surface area contributed by atoms with Crippen molar-refractivity contribution < 1.29 is 80.2 Å². The molecule has 0 fully saturated rings. The van der Waals surface area contributed by atoms with Gasteiger partial charge in [-0.1, -0.05) is 351 Å². The quantitative estimate of drug-likeness (QED) is 0.0222. The van der Waals surface area contributed by atoms with Gasteiger partial charge in [-0.25, -0.2) is 9.13 Å². The Morgan fingerprint density at radius 3 is 0.724 bits per heavy atom. The van der Waals surface area contributed by atoms with E-state index in [1.54, 1.807) is 0 Å². The minimum atomic E-state index is -4.96. The first-order valence-corrected chi connectivity index (χ1v) is 43.7. The van der Waals surface area contributed by atoms with Gasteiger partial charge in [-0.15, -0.1) is 0 Å². The van der Waals surface area contributed by atoms with Crippen molar-refractivity contribution in [2.24, 2.45) is 23.7 Å². The fourth-order valence-corrected chi connectivity index (χ4v) is 13.6. The molecule has 3 N–H and O–H groups in total. The molecule has 0 aromatic carbocycles. The molecule has 0 radical (unpaired) electrons. The highest BCUT2D eigenvalue weighted by molar-refractivity contribution is 7.47. The Hall–Kier alpha value is -1.94. The normalized spacial score (nSPS) is 14.3. The number of esters is 4. The van der Waals surface area contributed by atoms with Gasteiger partial charge in [0.2, 0.25) is 0 Å². The van der Waals surface area contributed by atoms with E-state index in [2.05, 4.69) is 55.4 Å². The van der Waals surface area contributed by atoms with Crippen LogP contribution in [0.4, 0.5) is 0 Å². The molecule has 0 spiro atoms. The second-order valence-electron chi connectivity index (χ2n) is 30.1. The van der Waals surface area contributed by atoms with Crippen molar-refractivity contribution in [3.63, 3.8) is 0 Å². The van der Waals surface area contributed by atoms with Crippen molar-refractivity contribution in [3.05, 3.63) is 0 Å². The van der Waals surface area contributed by atoms with Gasteiger partial charge in [-0.05, 0) is 49.4 Å². The molecule has 0 bridgehead atoms. The highest BCUT2D eigenvalue weighted by Crippen LogP contribution is 2.45. The van der Waals surface area contributed by atoms with Gasteiger partial charge in [0.05, 0.1) is 26.4 Å². The van der Waals surface area contributed by atoms with Crippen molar-refractivity contribution in [2.75, 3.05) is 39.6 Å². The summed E-state index contributed by atoms with van der Waals surface area (Å²) in [5.74, 6) is 0.974. The number of aliphatic hydroxyl groups excluding tert-OH is 1. The van der Waals surface area contributed by atoms with Gasteiger partial charge >= 0.3 is 39.5 Å². The molecule has 0 rings (SSSR count). The average Bonchev–Trinajstić information content (AvgIpc) is 0.977. The van der Waals surface area contributed by atoms with Crippen molar-refractivity contribution in [1.82, 2.24) is 0 Å². The fraction of sp³-hybridized carbons (Fsp3) is 0.949. The van der Waals surface area contributed by atoms with Gasteiger partial charge in [0.25, 0.3) is 0 Å². The third-order valence-corrected chi connectivity index (χ3v) is 20.6. The van der Waals surface area contributed by atoms with Gasteiger partial charge in [0.1, 0.15) is 19.3 Å². The Morgan fingerprint density at radius 1 is 0.286 bits per heavy atom. The number of aliphatic hydroxyl groups is 1. The Labute approximate surface area is 600 Å². The van der Waals surface area contributed by atoms with Crippen molar-refractivity contribution in [2.45, 2.75) is 420 Å². The molecule has 4 unspecified atom stereocenters. The molecule has 98 heavy (non-hydrogen) atoms. The van der Waals surface area contributed by atoms with Crippen LogP contribution < -0.4 is 0 Å². The van der Waals surface area contributed by atoms with Crippen LogP contribution in [-0.2, 0) is 65.4 Å². The number of rotatable bonds is 76. The number of hydrogen-bond donors (Lipinski definition) is 3. The topological polar surface area (TPSA) is 237 Å². The number of carbonyl (C=O) groups excluding carboxylic acids is 4. The summed E-state index contributed by atoms with van der Waals surface area (Å²) in [7, 11) is -9.92. The Bertz CT molecular complexity index is 1920. The van der Waals surface area contributed by atoms with E-state index < -0.39 is 97.5 Å². The summed E-state index contributed by atoms with van der Waals surface area (Å²) >= 11 is 0. The first-order chi connectivity index (χ1) is 47.1. The predicted octanol–water partition coefficient (Wildman–Crippen LogP) is 23.2. The minimum absolute atomic E-state index is 0.105. The molecule has 0 saturated heterocycles. The number of carbonyl (C=O) groups is 4. The number of hydrogen-bond acceptors (Lipinski definition) is 15. The Morgan fingerprint density at radius 2 is 0.490 bits per heavy atom. The molecule has 0 aromatic rings. The van der Waals surface area contributed by atoms with Crippen LogP contribution in [0, 0.1) is 23.7 Å². The lowest BCUT2D eigenvalue weighted by Crippen LogP contribution is -2.30. The van der Waals surface area contributed by atoms with Gasteiger partial charge in [-0.2, -0.15) is 0 Å². The molecule has 0 saturated carbocycles. The largest absolute Gasteiger partial charge is 0.472 e. The predicted molar refractivity (Wildman–Crippen MR) is 400 cm³/mol. The van der Waals surface area contributed by atoms with Crippen molar-refractivity contribution in [1.29, 1.82) is 0 Å². The first kappa shape index (κ1) is 96.1. The summed E-state index contributed by atoms with van der Waals surface area (Å²) in [6, 6.07) is 0. The van der Waals surface area contributed by atoms with Gasteiger partial charge < -0.3 is 33.8 Å². The molecular weight excluding hydrogens is 1280 g/mol. The third kappa shape index (κ3) is 71.1. The molecule has 0 aliphatic carbocycles. The number of unbranched alkanes of at least 4 members (excludes halogenated alkanes) is 41. The number of phosphoric ester groups is 2. The molecule has 0 aliphatic rings. The molecule has 582 valence electrons. The van der Waals surface area contributed by atoms with Crippen LogP contribution in [0.15, 0.2) is 0 Å². The standard InChI is InChI=1S/C79H154O17P2/c1-9-72(8)58-50-42-34-25-18-16-14-12-10-11-13-15-17-19-26-37-45-53-61-78(83)95-74(65-89-76(81)59-51-43-35-28-22-24-32-40-48-56-70(4)5)67-93-97(85,86)91-63-73(80)64-92-98(87,88)94-68-75(66-90-77(82)60-52-44-36-30-29-33-41-49-57-71(6)7)96-79(84)62-54-46-38-27-21-20-23-31-39-47-55-69(2)3/h69-75,80H,9-68H2,1-8H3,(H,85,86)(H,87,88)/t72?,73?,74-,75-/m1/s1. The Balaban J connectivity index is 5.20. The maximum Gasteiger partial charge on any atom is 0.472 e. The minimum Gasteiger partial charge on any atom is -0.462 e. The lowest BCUT2D eigenvalue weighted by molar-refractivity contribution is -0.161. The fourth-order valence-electron chi connectivity index (χ4n) is 12.0. The highest BCUT2D eigenvalue weighted by Gasteiger charge is 2.30. The zero-order valence-corrected chi connectivity index (χ0v) is 66.2. The maximum absolute atomic E-state index is 13.1. The maximum atomic E-state index is 13.1. The van der Waals surface area contributed by atoms with E-state index in [1.165, 1.54) is 205 Å². The summed E-state index contributed by atoms with van der Waals surface area (Å²) in [4.78, 5) is 72.9. The zero-order chi connectivity index (χ0) is 72.4. The van der Waals surface area contributed by atoms with E-state index in [0.717, 1.165) is 114 Å². The number of phosphoric acid groups is 2. The molecule has 19 heteroatoms. The zero-order valence-electron chi connectivity index (χ0n) is 64.4. The van der Waals surface area contributed by atoms with Crippen LogP contribution in [0.2, 0.25) is 0 Å². The van der Waals surface area contributed by atoms with Crippen LogP contribution in [0.3, 0.4) is 0 Å². The van der Waals surface area contributed by atoms with Crippen LogP contribution in [0.5, 0.6) is 0 Å². The summed E-state index contributed by atoms with van der Waals surface area (Å²) in [6.07, 6.45) is 54.2. The molecule has 0 amide bonds. The third-order valence-electron chi connectivity index (χ3n) is 18.7. The second-order valence-corrected chi connectivity index (χ2v) is 33.0.